The summed E-state index contributed by atoms with van der Waals surface area (Å²) in [5.41, 5.74) is 6.40. The maximum atomic E-state index is 8.84. The lowest BCUT2D eigenvalue weighted by Crippen LogP contribution is -2.11. The van der Waals surface area contributed by atoms with Gasteiger partial charge in [-0.2, -0.15) is 5.26 Å². The molecule has 0 unspecified atom stereocenters. The summed E-state index contributed by atoms with van der Waals surface area (Å²) in [5.74, 6) is 0. The second-order valence-electron chi connectivity index (χ2n) is 4.21. The van der Waals surface area contributed by atoms with Crippen LogP contribution in [0.4, 0.5) is 0 Å². The normalized spacial score (nSPS) is 11.3. The van der Waals surface area contributed by atoms with Crippen LogP contribution in [0.2, 0.25) is 0 Å². The maximum Gasteiger partial charge on any atom is 0.0684 e. The molecular formula is C11H17N3. The minimum absolute atomic E-state index is 0.243. The Balaban J connectivity index is 2.50. The molecule has 0 aliphatic heterocycles. The Bertz CT molecular complexity index is 331. The quantitative estimate of drug-likeness (QED) is 0.790. The first-order valence-electron chi connectivity index (χ1n) is 4.83. The van der Waals surface area contributed by atoms with Crippen molar-refractivity contribution in [1.82, 2.24) is 4.57 Å². The van der Waals surface area contributed by atoms with E-state index in [0.29, 0.717) is 6.54 Å². The molecule has 2 N–H and O–H groups in total. The molecule has 0 saturated carbocycles. The van der Waals surface area contributed by atoms with Crippen LogP contribution in [0.3, 0.4) is 0 Å². The van der Waals surface area contributed by atoms with Crippen molar-refractivity contribution in [1.29, 1.82) is 5.26 Å². The minimum atomic E-state index is -0.243. The van der Waals surface area contributed by atoms with Crippen LogP contribution in [0.1, 0.15) is 25.8 Å². The van der Waals surface area contributed by atoms with Crippen molar-refractivity contribution in [3.8, 4) is 6.07 Å². The van der Waals surface area contributed by atoms with E-state index in [0.717, 1.165) is 18.5 Å². The SMILES string of the molecule is CC(C)(C#N)CCn1ccc(CN)c1. The molecule has 0 fully saturated rings. The van der Waals surface area contributed by atoms with Gasteiger partial charge in [-0.15, -0.1) is 0 Å². The molecule has 0 saturated heterocycles. The third-order valence-corrected chi connectivity index (χ3v) is 2.35. The van der Waals surface area contributed by atoms with Crippen molar-refractivity contribution < 1.29 is 0 Å². The van der Waals surface area contributed by atoms with Gasteiger partial charge in [-0.3, -0.25) is 0 Å². The van der Waals surface area contributed by atoms with Gasteiger partial charge in [0.25, 0.3) is 0 Å². The highest BCUT2D eigenvalue weighted by Crippen LogP contribution is 2.19. The Hall–Kier alpha value is -1.27. The highest BCUT2D eigenvalue weighted by Gasteiger charge is 2.15. The zero-order valence-electron chi connectivity index (χ0n) is 8.83. The van der Waals surface area contributed by atoms with Crippen molar-refractivity contribution in [2.75, 3.05) is 0 Å². The van der Waals surface area contributed by atoms with Crippen LogP contribution in [0.25, 0.3) is 0 Å². The predicted octanol–water partition coefficient (Wildman–Crippen LogP) is 1.89. The molecule has 0 amide bonds. The van der Waals surface area contributed by atoms with Gasteiger partial charge in [0, 0.05) is 25.5 Å². The summed E-state index contributed by atoms with van der Waals surface area (Å²) >= 11 is 0. The van der Waals surface area contributed by atoms with Crippen LogP contribution in [0.5, 0.6) is 0 Å². The number of hydrogen-bond donors (Lipinski definition) is 1. The lowest BCUT2D eigenvalue weighted by Gasteiger charge is -2.14. The number of rotatable bonds is 4. The molecule has 1 aromatic rings. The molecule has 14 heavy (non-hydrogen) atoms. The Morgan fingerprint density at radius 3 is 2.79 bits per heavy atom. The van der Waals surface area contributed by atoms with Crippen LogP contribution >= 0.6 is 0 Å². The van der Waals surface area contributed by atoms with E-state index >= 15 is 0 Å². The van der Waals surface area contributed by atoms with Gasteiger partial charge in [-0.05, 0) is 31.9 Å². The third kappa shape index (κ3) is 2.90. The fourth-order valence-corrected chi connectivity index (χ4v) is 1.21. The van der Waals surface area contributed by atoms with Crippen LogP contribution < -0.4 is 5.73 Å². The molecule has 3 heteroatoms. The lowest BCUT2D eigenvalue weighted by atomic mass is 9.91. The fourth-order valence-electron chi connectivity index (χ4n) is 1.21. The predicted molar refractivity (Wildman–Crippen MR) is 56.3 cm³/mol. The first-order valence-corrected chi connectivity index (χ1v) is 4.83. The fraction of sp³-hybridized carbons (Fsp3) is 0.545. The summed E-state index contributed by atoms with van der Waals surface area (Å²) in [5, 5.41) is 8.84. The Kier molecular flexibility index (Phi) is 3.32. The Labute approximate surface area is 85.1 Å². The van der Waals surface area contributed by atoms with Crippen molar-refractivity contribution in [2.24, 2.45) is 11.1 Å². The molecular weight excluding hydrogens is 174 g/mol. The van der Waals surface area contributed by atoms with Gasteiger partial charge in [-0.1, -0.05) is 0 Å². The van der Waals surface area contributed by atoms with Gasteiger partial charge in [0.05, 0.1) is 11.5 Å². The van der Waals surface area contributed by atoms with Gasteiger partial charge >= 0.3 is 0 Å². The van der Waals surface area contributed by atoms with E-state index in [1.54, 1.807) is 0 Å². The van der Waals surface area contributed by atoms with E-state index in [9.17, 15) is 0 Å². The first-order chi connectivity index (χ1) is 6.57. The van der Waals surface area contributed by atoms with Gasteiger partial charge in [0.15, 0.2) is 0 Å². The Morgan fingerprint density at radius 1 is 1.57 bits per heavy atom. The van der Waals surface area contributed by atoms with Crippen molar-refractivity contribution in [3.05, 3.63) is 24.0 Å². The largest absolute Gasteiger partial charge is 0.354 e. The average molecular weight is 191 g/mol. The van der Waals surface area contributed by atoms with Gasteiger partial charge in [-0.25, -0.2) is 0 Å². The van der Waals surface area contributed by atoms with Crippen molar-refractivity contribution in [3.63, 3.8) is 0 Å². The summed E-state index contributed by atoms with van der Waals surface area (Å²) in [6, 6.07) is 4.31. The van der Waals surface area contributed by atoms with Gasteiger partial charge in [0.1, 0.15) is 0 Å². The van der Waals surface area contributed by atoms with E-state index in [4.69, 9.17) is 11.0 Å². The third-order valence-electron chi connectivity index (χ3n) is 2.35. The zero-order valence-corrected chi connectivity index (χ0v) is 8.83. The number of nitrogens with zero attached hydrogens (tertiary/aromatic N) is 2. The second kappa shape index (κ2) is 4.30. The summed E-state index contributed by atoms with van der Waals surface area (Å²) in [6.45, 7) is 5.37. The molecule has 0 aromatic carbocycles. The molecule has 3 nitrogen and oxygen atoms in total. The number of nitrogens with two attached hydrogens (primary N) is 1. The molecule has 0 atom stereocenters. The van der Waals surface area contributed by atoms with Crippen LogP contribution in [0.15, 0.2) is 18.5 Å². The average Bonchev–Trinajstić information content (AvgIpc) is 2.63. The molecule has 0 spiro atoms. The van der Waals surface area contributed by atoms with Crippen LogP contribution in [0, 0.1) is 16.7 Å². The highest BCUT2D eigenvalue weighted by molar-refractivity contribution is 5.09. The standard InChI is InChI=1S/C11H17N3/c1-11(2,9-13)4-6-14-5-3-10(7-12)8-14/h3,5,8H,4,6-7,12H2,1-2H3. The molecule has 76 valence electrons. The number of nitriles is 1. The highest BCUT2D eigenvalue weighted by atomic mass is 14.9. The number of hydrogen-bond acceptors (Lipinski definition) is 2. The topological polar surface area (TPSA) is 54.7 Å². The summed E-state index contributed by atoms with van der Waals surface area (Å²) in [6.07, 6.45) is 4.91. The monoisotopic (exact) mass is 191 g/mol. The maximum absolute atomic E-state index is 8.84. The van der Waals surface area contributed by atoms with E-state index in [1.165, 1.54) is 0 Å². The zero-order chi connectivity index (χ0) is 10.6. The van der Waals surface area contributed by atoms with Gasteiger partial charge in [0.2, 0.25) is 0 Å². The minimum Gasteiger partial charge on any atom is -0.354 e. The van der Waals surface area contributed by atoms with Crippen molar-refractivity contribution >= 4 is 0 Å². The molecule has 1 heterocycles. The second-order valence-corrected chi connectivity index (χ2v) is 4.21. The molecule has 1 aromatic heterocycles. The van der Waals surface area contributed by atoms with E-state index in [2.05, 4.69) is 10.6 Å². The van der Waals surface area contributed by atoms with Crippen molar-refractivity contribution in [2.45, 2.75) is 33.4 Å². The molecule has 0 bridgehead atoms. The van der Waals surface area contributed by atoms with E-state index < -0.39 is 0 Å². The summed E-state index contributed by atoms with van der Waals surface area (Å²) in [4.78, 5) is 0. The summed E-state index contributed by atoms with van der Waals surface area (Å²) in [7, 11) is 0. The first kappa shape index (κ1) is 10.8. The number of aromatic nitrogens is 1. The van der Waals surface area contributed by atoms with E-state index in [-0.39, 0.29) is 5.41 Å². The Morgan fingerprint density at radius 2 is 2.29 bits per heavy atom. The smallest absolute Gasteiger partial charge is 0.0684 e. The molecule has 0 radical (unpaired) electrons. The van der Waals surface area contributed by atoms with Gasteiger partial charge < -0.3 is 10.3 Å². The van der Waals surface area contributed by atoms with Crippen LogP contribution in [-0.4, -0.2) is 4.57 Å². The molecule has 0 aliphatic rings. The molecule has 1 rings (SSSR count). The number of aryl methyl sites for hydroxylation is 1. The van der Waals surface area contributed by atoms with Crippen LogP contribution in [-0.2, 0) is 13.1 Å². The lowest BCUT2D eigenvalue weighted by molar-refractivity contribution is 0.414. The molecule has 0 aliphatic carbocycles. The summed E-state index contributed by atoms with van der Waals surface area (Å²) < 4.78 is 2.08. The van der Waals surface area contributed by atoms with E-state index in [1.807, 2.05) is 32.3 Å².